The molecule has 0 aliphatic carbocycles. The van der Waals surface area contributed by atoms with Crippen LogP contribution >= 0.6 is 0 Å². The Morgan fingerprint density at radius 3 is 2.91 bits per heavy atom. The standard InChI is InChI=1S/C17H25N5O/c1-4-19-17(20-8-10-22-9-7-18-13-22)21-12-15-6-5-14(2)11-16(15)23-3/h5-7,9,11,13H,4,8,10,12H2,1-3H3,(H2,19,20,21). The molecule has 0 amide bonds. The summed E-state index contributed by atoms with van der Waals surface area (Å²) in [5, 5.41) is 6.58. The number of rotatable bonds is 7. The van der Waals surface area contributed by atoms with Crippen LogP contribution < -0.4 is 15.4 Å². The number of imidazole rings is 1. The smallest absolute Gasteiger partial charge is 0.191 e. The number of benzene rings is 1. The third-order valence-electron chi connectivity index (χ3n) is 3.42. The van der Waals surface area contributed by atoms with Gasteiger partial charge >= 0.3 is 0 Å². The number of ether oxygens (including phenoxy) is 1. The molecule has 1 aromatic carbocycles. The second-order valence-corrected chi connectivity index (χ2v) is 5.24. The Labute approximate surface area is 137 Å². The second-order valence-electron chi connectivity index (χ2n) is 5.24. The largest absolute Gasteiger partial charge is 0.496 e. The van der Waals surface area contributed by atoms with Gasteiger partial charge in [-0.15, -0.1) is 0 Å². The Balaban J connectivity index is 1.95. The van der Waals surface area contributed by atoms with Crippen LogP contribution in [0.2, 0.25) is 0 Å². The van der Waals surface area contributed by atoms with E-state index in [4.69, 9.17) is 4.74 Å². The average Bonchev–Trinajstić information content (AvgIpc) is 3.06. The Hall–Kier alpha value is -2.50. The lowest BCUT2D eigenvalue weighted by atomic mass is 10.1. The molecule has 0 radical (unpaired) electrons. The predicted octanol–water partition coefficient (Wildman–Crippen LogP) is 1.96. The number of aliphatic imine (C=N–C) groups is 1. The first-order valence-electron chi connectivity index (χ1n) is 7.84. The monoisotopic (exact) mass is 315 g/mol. The number of methoxy groups -OCH3 is 1. The normalized spacial score (nSPS) is 11.3. The van der Waals surface area contributed by atoms with Crippen LogP contribution in [-0.2, 0) is 13.1 Å². The van der Waals surface area contributed by atoms with E-state index in [1.807, 2.05) is 23.2 Å². The molecule has 124 valence electrons. The zero-order chi connectivity index (χ0) is 16.5. The van der Waals surface area contributed by atoms with Gasteiger partial charge in [-0.2, -0.15) is 0 Å². The van der Waals surface area contributed by atoms with Gasteiger partial charge in [0.15, 0.2) is 5.96 Å². The van der Waals surface area contributed by atoms with Crippen LogP contribution in [0.25, 0.3) is 0 Å². The molecule has 0 aliphatic heterocycles. The Morgan fingerprint density at radius 2 is 2.22 bits per heavy atom. The first kappa shape index (κ1) is 16.9. The molecule has 2 rings (SSSR count). The maximum Gasteiger partial charge on any atom is 0.191 e. The van der Waals surface area contributed by atoms with Gasteiger partial charge in [-0.25, -0.2) is 9.98 Å². The minimum Gasteiger partial charge on any atom is -0.496 e. The number of hydrogen-bond donors (Lipinski definition) is 2. The molecule has 0 fully saturated rings. The first-order chi connectivity index (χ1) is 11.2. The molecule has 6 nitrogen and oxygen atoms in total. The van der Waals surface area contributed by atoms with Gasteiger partial charge in [-0.1, -0.05) is 12.1 Å². The molecule has 1 heterocycles. The minimum absolute atomic E-state index is 0.573. The summed E-state index contributed by atoms with van der Waals surface area (Å²) in [4.78, 5) is 8.66. The summed E-state index contributed by atoms with van der Waals surface area (Å²) >= 11 is 0. The van der Waals surface area contributed by atoms with Crippen LogP contribution in [0.5, 0.6) is 5.75 Å². The minimum atomic E-state index is 0.573. The maximum atomic E-state index is 5.43. The number of guanidine groups is 1. The summed E-state index contributed by atoms with van der Waals surface area (Å²) < 4.78 is 7.46. The van der Waals surface area contributed by atoms with E-state index in [0.717, 1.165) is 36.9 Å². The zero-order valence-corrected chi connectivity index (χ0v) is 14.0. The van der Waals surface area contributed by atoms with Crippen LogP contribution in [-0.4, -0.2) is 35.7 Å². The summed E-state index contributed by atoms with van der Waals surface area (Å²) in [6, 6.07) is 6.17. The van der Waals surface area contributed by atoms with Gasteiger partial charge in [0.2, 0.25) is 0 Å². The Kier molecular flexibility index (Phi) is 6.47. The number of hydrogen-bond acceptors (Lipinski definition) is 3. The van der Waals surface area contributed by atoms with Crippen molar-refractivity contribution in [2.75, 3.05) is 20.2 Å². The number of aryl methyl sites for hydroxylation is 1. The van der Waals surface area contributed by atoms with Gasteiger partial charge in [0.1, 0.15) is 5.75 Å². The molecule has 2 aromatic rings. The van der Waals surface area contributed by atoms with E-state index in [1.165, 1.54) is 5.56 Å². The number of aromatic nitrogens is 2. The highest BCUT2D eigenvalue weighted by molar-refractivity contribution is 5.79. The van der Waals surface area contributed by atoms with Gasteiger partial charge in [-0.05, 0) is 25.5 Å². The highest BCUT2D eigenvalue weighted by Gasteiger charge is 2.03. The molecule has 0 bridgehead atoms. The Morgan fingerprint density at radius 1 is 1.35 bits per heavy atom. The topological polar surface area (TPSA) is 63.5 Å². The van der Waals surface area contributed by atoms with Gasteiger partial charge in [0.05, 0.1) is 20.0 Å². The second kappa shape index (κ2) is 8.82. The molecule has 2 N–H and O–H groups in total. The summed E-state index contributed by atoms with van der Waals surface area (Å²) in [7, 11) is 1.69. The SMILES string of the molecule is CCNC(=NCc1ccc(C)cc1OC)NCCn1ccnc1. The molecule has 0 saturated heterocycles. The highest BCUT2D eigenvalue weighted by atomic mass is 16.5. The van der Waals surface area contributed by atoms with Gasteiger partial charge in [0, 0.05) is 37.6 Å². The van der Waals surface area contributed by atoms with E-state index in [2.05, 4.69) is 46.6 Å². The zero-order valence-electron chi connectivity index (χ0n) is 14.0. The van der Waals surface area contributed by atoms with Gasteiger partial charge in [-0.3, -0.25) is 0 Å². The summed E-state index contributed by atoms with van der Waals surface area (Å²) in [5.74, 6) is 1.68. The van der Waals surface area contributed by atoms with Crippen molar-refractivity contribution < 1.29 is 4.74 Å². The van der Waals surface area contributed by atoms with E-state index in [0.29, 0.717) is 6.54 Å². The fourth-order valence-electron chi connectivity index (χ4n) is 2.21. The van der Waals surface area contributed by atoms with Crippen molar-refractivity contribution in [1.29, 1.82) is 0 Å². The van der Waals surface area contributed by atoms with Crippen molar-refractivity contribution in [3.8, 4) is 5.75 Å². The van der Waals surface area contributed by atoms with Crippen LogP contribution in [0.1, 0.15) is 18.1 Å². The molecule has 6 heteroatoms. The summed E-state index contributed by atoms with van der Waals surface area (Å²) in [6.45, 7) is 7.13. The average molecular weight is 315 g/mol. The predicted molar refractivity (Wildman–Crippen MR) is 92.8 cm³/mol. The molecular weight excluding hydrogens is 290 g/mol. The van der Waals surface area contributed by atoms with Crippen LogP contribution in [0.15, 0.2) is 41.9 Å². The van der Waals surface area contributed by atoms with Crippen molar-refractivity contribution in [3.63, 3.8) is 0 Å². The maximum absolute atomic E-state index is 5.43. The lowest BCUT2D eigenvalue weighted by molar-refractivity contribution is 0.409. The molecule has 0 aliphatic rings. The highest BCUT2D eigenvalue weighted by Crippen LogP contribution is 2.20. The molecular formula is C17H25N5O. The molecule has 0 unspecified atom stereocenters. The summed E-state index contributed by atoms with van der Waals surface area (Å²) in [5.41, 5.74) is 2.25. The van der Waals surface area contributed by atoms with Crippen molar-refractivity contribution in [3.05, 3.63) is 48.0 Å². The van der Waals surface area contributed by atoms with Crippen molar-refractivity contribution in [2.45, 2.75) is 26.9 Å². The molecule has 0 saturated carbocycles. The lowest BCUT2D eigenvalue weighted by Gasteiger charge is -2.12. The van der Waals surface area contributed by atoms with Crippen molar-refractivity contribution in [1.82, 2.24) is 20.2 Å². The summed E-state index contributed by atoms with van der Waals surface area (Å²) in [6.07, 6.45) is 5.54. The third-order valence-corrected chi connectivity index (χ3v) is 3.42. The lowest BCUT2D eigenvalue weighted by Crippen LogP contribution is -2.38. The molecule has 0 spiro atoms. The molecule has 0 atom stereocenters. The quantitative estimate of drug-likeness (QED) is 0.605. The van der Waals surface area contributed by atoms with Gasteiger partial charge < -0.3 is 19.9 Å². The van der Waals surface area contributed by atoms with Crippen LogP contribution in [0, 0.1) is 6.92 Å². The number of nitrogens with zero attached hydrogens (tertiary/aromatic N) is 3. The van der Waals surface area contributed by atoms with E-state index in [9.17, 15) is 0 Å². The number of nitrogens with one attached hydrogen (secondary N) is 2. The van der Waals surface area contributed by atoms with E-state index >= 15 is 0 Å². The fourth-order valence-corrected chi connectivity index (χ4v) is 2.21. The van der Waals surface area contributed by atoms with E-state index in [1.54, 1.807) is 13.3 Å². The molecule has 1 aromatic heterocycles. The fraction of sp³-hybridized carbons (Fsp3) is 0.412. The van der Waals surface area contributed by atoms with E-state index < -0.39 is 0 Å². The van der Waals surface area contributed by atoms with Gasteiger partial charge in [0.25, 0.3) is 0 Å². The Bertz CT molecular complexity index is 622. The van der Waals surface area contributed by atoms with Crippen molar-refractivity contribution >= 4 is 5.96 Å². The van der Waals surface area contributed by atoms with Crippen LogP contribution in [0.3, 0.4) is 0 Å². The molecule has 23 heavy (non-hydrogen) atoms. The third kappa shape index (κ3) is 5.32. The van der Waals surface area contributed by atoms with E-state index in [-0.39, 0.29) is 0 Å². The van der Waals surface area contributed by atoms with Crippen molar-refractivity contribution in [2.24, 2.45) is 4.99 Å². The van der Waals surface area contributed by atoms with Crippen LogP contribution in [0.4, 0.5) is 0 Å². The first-order valence-corrected chi connectivity index (χ1v) is 7.84.